The second-order valence-corrected chi connectivity index (χ2v) is 2.60. The van der Waals surface area contributed by atoms with Crippen molar-refractivity contribution >= 4 is 5.82 Å². The Balaban J connectivity index is 2.93. The smallest absolute Gasteiger partial charge is 0.218 e. The van der Waals surface area contributed by atoms with Crippen LogP contribution in [-0.4, -0.2) is 23.6 Å². The standard InChI is InChI=1S/C9H15N3O/c1-4-7-11-8(10-5-2)6-9(12-7)13-3/h6H,4-5H2,1-3H3,(H,10,11,12). The van der Waals surface area contributed by atoms with Gasteiger partial charge in [0.25, 0.3) is 0 Å². The van der Waals surface area contributed by atoms with E-state index in [1.54, 1.807) is 13.2 Å². The van der Waals surface area contributed by atoms with Gasteiger partial charge in [0.15, 0.2) is 0 Å². The summed E-state index contributed by atoms with van der Waals surface area (Å²) in [6, 6.07) is 1.79. The van der Waals surface area contributed by atoms with E-state index < -0.39 is 0 Å². The lowest BCUT2D eigenvalue weighted by Gasteiger charge is -2.06. The lowest BCUT2D eigenvalue weighted by molar-refractivity contribution is 0.395. The highest BCUT2D eigenvalue weighted by Gasteiger charge is 2.01. The molecule has 0 fully saturated rings. The van der Waals surface area contributed by atoms with Crippen LogP contribution in [0.15, 0.2) is 6.07 Å². The second kappa shape index (κ2) is 4.64. The number of methoxy groups -OCH3 is 1. The lowest BCUT2D eigenvalue weighted by atomic mass is 10.4. The van der Waals surface area contributed by atoms with Crippen LogP contribution in [0.1, 0.15) is 19.7 Å². The van der Waals surface area contributed by atoms with Gasteiger partial charge in [-0.25, -0.2) is 4.98 Å². The van der Waals surface area contributed by atoms with Gasteiger partial charge in [0.2, 0.25) is 5.88 Å². The first kappa shape index (κ1) is 9.77. The van der Waals surface area contributed by atoms with E-state index in [0.717, 1.165) is 24.6 Å². The minimum Gasteiger partial charge on any atom is -0.481 e. The molecule has 0 bridgehead atoms. The van der Waals surface area contributed by atoms with Crippen LogP contribution in [0.25, 0.3) is 0 Å². The summed E-state index contributed by atoms with van der Waals surface area (Å²) < 4.78 is 5.05. The van der Waals surface area contributed by atoms with Crippen LogP contribution in [0.2, 0.25) is 0 Å². The van der Waals surface area contributed by atoms with Gasteiger partial charge in [-0.1, -0.05) is 6.92 Å². The van der Waals surface area contributed by atoms with Crippen molar-refractivity contribution in [3.8, 4) is 5.88 Å². The van der Waals surface area contributed by atoms with E-state index in [2.05, 4.69) is 15.3 Å². The molecule has 0 unspecified atom stereocenters. The van der Waals surface area contributed by atoms with Crippen LogP contribution in [0.3, 0.4) is 0 Å². The molecule has 72 valence electrons. The number of ether oxygens (including phenoxy) is 1. The highest BCUT2D eigenvalue weighted by Crippen LogP contribution is 2.12. The molecule has 0 amide bonds. The molecule has 0 aliphatic heterocycles. The van der Waals surface area contributed by atoms with Crippen LogP contribution >= 0.6 is 0 Å². The molecule has 1 aromatic rings. The summed E-state index contributed by atoms with van der Waals surface area (Å²) in [5.41, 5.74) is 0. The van der Waals surface area contributed by atoms with Crippen LogP contribution in [0.4, 0.5) is 5.82 Å². The summed E-state index contributed by atoms with van der Waals surface area (Å²) in [6.45, 7) is 4.90. The van der Waals surface area contributed by atoms with Crippen molar-refractivity contribution in [2.24, 2.45) is 0 Å². The summed E-state index contributed by atoms with van der Waals surface area (Å²) in [7, 11) is 1.61. The van der Waals surface area contributed by atoms with Gasteiger partial charge in [0, 0.05) is 19.0 Å². The summed E-state index contributed by atoms with van der Waals surface area (Å²) >= 11 is 0. The van der Waals surface area contributed by atoms with Crippen molar-refractivity contribution in [2.75, 3.05) is 19.0 Å². The Hall–Kier alpha value is -1.32. The Labute approximate surface area is 78.4 Å². The Morgan fingerprint density at radius 2 is 2.15 bits per heavy atom. The van der Waals surface area contributed by atoms with Gasteiger partial charge in [-0.2, -0.15) is 4.98 Å². The molecular weight excluding hydrogens is 166 g/mol. The third-order valence-corrected chi connectivity index (χ3v) is 1.63. The molecule has 1 N–H and O–H groups in total. The van der Waals surface area contributed by atoms with Crippen LogP contribution in [0.5, 0.6) is 5.88 Å². The number of nitrogens with one attached hydrogen (secondary N) is 1. The molecule has 13 heavy (non-hydrogen) atoms. The molecule has 0 atom stereocenters. The van der Waals surface area contributed by atoms with Gasteiger partial charge >= 0.3 is 0 Å². The van der Waals surface area contributed by atoms with E-state index in [1.807, 2.05) is 13.8 Å². The summed E-state index contributed by atoms with van der Waals surface area (Å²) in [5.74, 6) is 2.24. The van der Waals surface area contributed by atoms with Crippen LogP contribution < -0.4 is 10.1 Å². The van der Waals surface area contributed by atoms with Crippen molar-refractivity contribution in [1.29, 1.82) is 0 Å². The second-order valence-electron chi connectivity index (χ2n) is 2.60. The predicted octanol–water partition coefficient (Wildman–Crippen LogP) is 1.48. The van der Waals surface area contributed by atoms with Gasteiger partial charge < -0.3 is 10.1 Å². The van der Waals surface area contributed by atoms with E-state index in [4.69, 9.17) is 4.74 Å². The largest absolute Gasteiger partial charge is 0.481 e. The topological polar surface area (TPSA) is 47.0 Å². The number of hydrogen-bond donors (Lipinski definition) is 1. The third kappa shape index (κ3) is 2.57. The zero-order valence-electron chi connectivity index (χ0n) is 8.29. The average Bonchev–Trinajstić information content (AvgIpc) is 2.17. The van der Waals surface area contributed by atoms with Gasteiger partial charge in [0.05, 0.1) is 7.11 Å². The number of nitrogens with zero attached hydrogens (tertiary/aromatic N) is 2. The fourth-order valence-corrected chi connectivity index (χ4v) is 1.01. The highest BCUT2D eigenvalue weighted by molar-refractivity contribution is 5.38. The molecule has 4 nitrogen and oxygen atoms in total. The van der Waals surface area contributed by atoms with Crippen molar-refractivity contribution < 1.29 is 4.74 Å². The van der Waals surface area contributed by atoms with E-state index >= 15 is 0 Å². The van der Waals surface area contributed by atoms with Gasteiger partial charge in [-0.05, 0) is 6.92 Å². The Bertz CT molecular complexity index is 253. The van der Waals surface area contributed by atoms with E-state index in [0.29, 0.717) is 5.88 Å². The Kier molecular flexibility index (Phi) is 3.49. The number of aromatic nitrogens is 2. The Morgan fingerprint density at radius 3 is 2.69 bits per heavy atom. The number of aryl methyl sites for hydroxylation is 1. The van der Waals surface area contributed by atoms with E-state index in [9.17, 15) is 0 Å². The summed E-state index contributed by atoms with van der Waals surface area (Å²) in [5, 5.41) is 3.13. The minimum absolute atomic E-state index is 0.614. The van der Waals surface area contributed by atoms with Gasteiger partial charge in [-0.15, -0.1) is 0 Å². The molecule has 0 aliphatic rings. The van der Waals surface area contributed by atoms with Gasteiger partial charge in [0.1, 0.15) is 11.6 Å². The maximum atomic E-state index is 5.05. The monoisotopic (exact) mass is 181 g/mol. The molecule has 0 aromatic carbocycles. The maximum absolute atomic E-state index is 5.05. The molecule has 0 aliphatic carbocycles. The molecule has 0 spiro atoms. The third-order valence-electron chi connectivity index (χ3n) is 1.63. The molecule has 0 saturated heterocycles. The summed E-state index contributed by atoms with van der Waals surface area (Å²) in [4.78, 5) is 8.47. The normalized spacial score (nSPS) is 9.77. The number of anilines is 1. The molecule has 1 rings (SSSR count). The fraction of sp³-hybridized carbons (Fsp3) is 0.556. The van der Waals surface area contributed by atoms with Crippen molar-refractivity contribution in [1.82, 2.24) is 9.97 Å². The molecule has 1 heterocycles. The van der Waals surface area contributed by atoms with E-state index in [-0.39, 0.29) is 0 Å². The molecule has 1 aromatic heterocycles. The quantitative estimate of drug-likeness (QED) is 0.764. The van der Waals surface area contributed by atoms with Crippen molar-refractivity contribution in [2.45, 2.75) is 20.3 Å². The number of rotatable bonds is 4. The lowest BCUT2D eigenvalue weighted by Crippen LogP contribution is -2.04. The zero-order valence-corrected chi connectivity index (χ0v) is 8.29. The molecule has 4 heteroatoms. The minimum atomic E-state index is 0.614. The number of hydrogen-bond acceptors (Lipinski definition) is 4. The van der Waals surface area contributed by atoms with Gasteiger partial charge in [-0.3, -0.25) is 0 Å². The first-order chi connectivity index (χ1) is 6.30. The molecule has 0 radical (unpaired) electrons. The van der Waals surface area contributed by atoms with E-state index in [1.165, 1.54) is 0 Å². The first-order valence-corrected chi connectivity index (χ1v) is 4.46. The zero-order chi connectivity index (χ0) is 9.68. The van der Waals surface area contributed by atoms with Crippen LogP contribution in [-0.2, 0) is 6.42 Å². The molecule has 0 saturated carbocycles. The fourth-order valence-electron chi connectivity index (χ4n) is 1.01. The molecular formula is C9H15N3O. The van der Waals surface area contributed by atoms with Crippen molar-refractivity contribution in [3.05, 3.63) is 11.9 Å². The predicted molar refractivity (Wildman–Crippen MR) is 52.1 cm³/mol. The van der Waals surface area contributed by atoms with Crippen LogP contribution in [0, 0.1) is 0 Å². The highest BCUT2D eigenvalue weighted by atomic mass is 16.5. The van der Waals surface area contributed by atoms with Crippen molar-refractivity contribution in [3.63, 3.8) is 0 Å². The maximum Gasteiger partial charge on any atom is 0.218 e. The summed E-state index contributed by atoms with van der Waals surface area (Å²) in [6.07, 6.45) is 0.815. The first-order valence-electron chi connectivity index (χ1n) is 4.46. The average molecular weight is 181 g/mol. The Morgan fingerprint density at radius 1 is 1.38 bits per heavy atom. The SMILES string of the molecule is CCNc1cc(OC)nc(CC)n1.